The van der Waals surface area contributed by atoms with Gasteiger partial charge < -0.3 is 19.6 Å². The maximum absolute atomic E-state index is 11.9. The van der Waals surface area contributed by atoms with Crippen molar-refractivity contribution in [2.45, 2.75) is 13.0 Å². The van der Waals surface area contributed by atoms with Crippen LogP contribution >= 0.6 is 0 Å². The molecule has 7 nitrogen and oxygen atoms in total. The molecule has 7 heteroatoms. The van der Waals surface area contributed by atoms with E-state index in [0.29, 0.717) is 19.7 Å². The topological polar surface area (TPSA) is 93.9 Å². The minimum absolute atomic E-state index is 0.186. The SMILES string of the molecule is CCN(CC(=O)O)C(=O)N1CCOC(C#N)C1. The minimum Gasteiger partial charge on any atom is -0.480 e. The first-order valence-corrected chi connectivity index (χ1v) is 5.35. The lowest BCUT2D eigenvalue weighted by Crippen LogP contribution is -2.51. The van der Waals surface area contributed by atoms with Crippen molar-refractivity contribution in [1.82, 2.24) is 9.80 Å². The number of hydrogen-bond donors (Lipinski definition) is 1. The summed E-state index contributed by atoms with van der Waals surface area (Å²) >= 11 is 0. The molecule has 0 saturated carbocycles. The Hall–Kier alpha value is -1.81. The number of nitriles is 1. The van der Waals surface area contributed by atoms with E-state index < -0.39 is 12.1 Å². The second-order valence-corrected chi connectivity index (χ2v) is 3.63. The molecule has 1 N–H and O–H groups in total. The maximum atomic E-state index is 11.9. The molecule has 1 aliphatic rings. The summed E-state index contributed by atoms with van der Waals surface area (Å²) in [6.45, 7) is 2.57. The number of nitrogens with zero attached hydrogens (tertiary/aromatic N) is 3. The van der Waals surface area contributed by atoms with E-state index >= 15 is 0 Å². The molecule has 0 aliphatic carbocycles. The summed E-state index contributed by atoms with van der Waals surface area (Å²) < 4.78 is 5.11. The Morgan fingerprint density at radius 1 is 1.65 bits per heavy atom. The smallest absolute Gasteiger partial charge is 0.323 e. The number of carboxylic acids is 1. The van der Waals surface area contributed by atoms with Crippen LogP contribution in [0.15, 0.2) is 0 Å². The van der Waals surface area contributed by atoms with Crippen molar-refractivity contribution >= 4 is 12.0 Å². The van der Waals surface area contributed by atoms with Crippen LogP contribution in [0.1, 0.15) is 6.92 Å². The summed E-state index contributed by atoms with van der Waals surface area (Å²) in [6, 6.07) is 1.57. The van der Waals surface area contributed by atoms with Gasteiger partial charge in [0.05, 0.1) is 19.2 Å². The number of hydrogen-bond acceptors (Lipinski definition) is 4. The molecule has 0 aromatic carbocycles. The Kier molecular flexibility index (Phi) is 4.72. The van der Waals surface area contributed by atoms with E-state index in [1.165, 1.54) is 9.80 Å². The number of carbonyl (C=O) groups is 2. The third-order valence-electron chi connectivity index (χ3n) is 2.46. The van der Waals surface area contributed by atoms with Crippen LogP contribution in [0.25, 0.3) is 0 Å². The molecular formula is C10H15N3O4. The highest BCUT2D eigenvalue weighted by Crippen LogP contribution is 2.07. The van der Waals surface area contributed by atoms with Gasteiger partial charge in [0.25, 0.3) is 0 Å². The van der Waals surface area contributed by atoms with Gasteiger partial charge in [-0.3, -0.25) is 4.79 Å². The molecule has 0 aromatic heterocycles. The van der Waals surface area contributed by atoms with Crippen molar-refractivity contribution in [2.24, 2.45) is 0 Å². The average Bonchev–Trinajstić information content (AvgIpc) is 2.35. The Balaban J connectivity index is 2.61. The van der Waals surface area contributed by atoms with Crippen molar-refractivity contribution in [2.75, 3.05) is 32.8 Å². The van der Waals surface area contributed by atoms with Gasteiger partial charge in [-0.25, -0.2) is 4.79 Å². The standard InChI is InChI=1S/C10H15N3O4/c1-2-12(7-9(14)15)10(16)13-3-4-17-8(5-11)6-13/h8H,2-4,6-7H2,1H3,(H,14,15). The number of likely N-dealkylation sites (N-methyl/N-ethyl adjacent to an activating group) is 1. The number of aliphatic carboxylic acids is 1. The third-order valence-corrected chi connectivity index (χ3v) is 2.46. The minimum atomic E-state index is -1.05. The van der Waals surface area contributed by atoms with Gasteiger partial charge in [-0.2, -0.15) is 5.26 Å². The second-order valence-electron chi connectivity index (χ2n) is 3.63. The van der Waals surface area contributed by atoms with Gasteiger partial charge >= 0.3 is 12.0 Å². The zero-order valence-corrected chi connectivity index (χ0v) is 9.63. The highest BCUT2D eigenvalue weighted by Gasteiger charge is 2.27. The highest BCUT2D eigenvalue weighted by atomic mass is 16.5. The lowest BCUT2D eigenvalue weighted by Gasteiger charge is -2.33. The number of amides is 2. The maximum Gasteiger partial charge on any atom is 0.323 e. The molecule has 1 unspecified atom stereocenters. The van der Waals surface area contributed by atoms with Gasteiger partial charge in [-0.15, -0.1) is 0 Å². The number of urea groups is 1. The zero-order chi connectivity index (χ0) is 12.8. The molecule has 2 amide bonds. The number of carbonyl (C=O) groups excluding carboxylic acids is 1. The number of morpholine rings is 1. The quantitative estimate of drug-likeness (QED) is 0.734. The first-order chi connectivity index (χ1) is 8.08. The predicted molar refractivity (Wildman–Crippen MR) is 57.2 cm³/mol. The fraction of sp³-hybridized carbons (Fsp3) is 0.700. The van der Waals surface area contributed by atoms with Gasteiger partial charge in [0.15, 0.2) is 6.10 Å². The monoisotopic (exact) mass is 241 g/mol. The van der Waals surface area contributed by atoms with E-state index in [2.05, 4.69) is 0 Å². The van der Waals surface area contributed by atoms with E-state index in [1.54, 1.807) is 6.92 Å². The third kappa shape index (κ3) is 3.60. The molecule has 1 atom stereocenters. The normalized spacial score (nSPS) is 19.5. The van der Waals surface area contributed by atoms with Crippen molar-refractivity contribution in [3.63, 3.8) is 0 Å². The van der Waals surface area contributed by atoms with Crippen molar-refractivity contribution in [3.8, 4) is 6.07 Å². The molecule has 1 aliphatic heterocycles. The fourth-order valence-corrected chi connectivity index (χ4v) is 1.58. The van der Waals surface area contributed by atoms with E-state index in [4.69, 9.17) is 15.1 Å². The molecule has 1 rings (SSSR count). The molecule has 0 radical (unpaired) electrons. The number of rotatable bonds is 3. The van der Waals surface area contributed by atoms with Crippen LogP contribution in [0.2, 0.25) is 0 Å². The van der Waals surface area contributed by atoms with Crippen LogP contribution in [0.5, 0.6) is 0 Å². The highest BCUT2D eigenvalue weighted by molar-refractivity contribution is 5.80. The molecule has 0 spiro atoms. The summed E-state index contributed by atoms with van der Waals surface area (Å²) in [5.74, 6) is -1.05. The summed E-state index contributed by atoms with van der Waals surface area (Å²) in [7, 11) is 0. The Bertz CT molecular complexity index is 339. The average molecular weight is 241 g/mol. The largest absolute Gasteiger partial charge is 0.480 e. The van der Waals surface area contributed by atoms with Gasteiger partial charge in [0.2, 0.25) is 0 Å². The predicted octanol–water partition coefficient (Wildman–Crippen LogP) is -0.263. The second kappa shape index (κ2) is 6.06. The molecule has 0 bridgehead atoms. The first-order valence-electron chi connectivity index (χ1n) is 5.35. The molecule has 17 heavy (non-hydrogen) atoms. The molecule has 0 aromatic rings. The van der Waals surface area contributed by atoms with Crippen LogP contribution in [-0.2, 0) is 9.53 Å². The summed E-state index contributed by atoms with van der Waals surface area (Å²) in [4.78, 5) is 25.2. The summed E-state index contributed by atoms with van der Waals surface area (Å²) in [6.07, 6.45) is -0.628. The van der Waals surface area contributed by atoms with E-state index in [9.17, 15) is 9.59 Å². The number of ether oxygens (including phenoxy) is 1. The van der Waals surface area contributed by atoms with Gasteiger partial charge in [-0.05, 0) is 6.92 Å². The zero-order valence-electron chi connectivity index (χ0n) is 9.63. The van der Waals surface area contributed by atoms with Crippen LogP contribution in [-0.4, -0.2) is 65.8 Å². The number of carboxylic acid groups (broad SMARTS) is 1. The molecule has 1 saturated heterocycles. The first kappa shape index (κ1) is 13.3. The van der Waals surface area contributed by atoms with Gasteiger partial charge in [0.1, 0.15) is 6.54 Å². The van der Waals surface area contributed by atoms with Crippen molar-refractivity contribution in [1.29, 1.82) is 5.26 Å². The molecule has 1 fully saturated rings. The van der Waals surface area contributed by atoms with Gasteiger partial charge in [0, 0.05) is 13.1 Å². The molecular weight excluding hydrogens is 226 g/mol. The van der Waals surface area contributed by atoms with Crippen molar-refractivity contribution < 1.29 is 19.4 Å². The van der Waals surface area contributed by atoms with Crippen LogP contribution in [0.3, 0.4) is 0 Å². The van der Waals surface area contributed by atoms with Crippen molar-refractivity contribution in [3.05, 3.63) is 0 Å². The lowest BCUT2D eigenvalue weighted by atomic mass is 10.3. The Labute approximate surface area is 99.2 Å². The van der Waals surface area contributed by atoms with E-state index in [-0.39, 0.29) is 19.1 Å². The summed E-state index contributed by atoms with van der Waals surface area (Å²) in [5.41, 5.74) is 0. The fourth-order valence-electron chi connectivity index (χ4n) is 1.58. The van der Waals surface area contributed by atoms with Gasteiger partial charge in [-0.1, -0.05) is 0 Å². The molecule has 1 heterocycles. The van der Waals surface area contributed by atoms with E-state index in [1.807, 2.05) is 6.07 Å². The molecule has 94 valence electrons. The van der Waals surface area contributed by atoms with E-state index in [0.717, 1.165) is 0 Å². The lowest BCUT2D eigenvalue weighted by molar-refractivity contribution is -0.137. The Morgan fingerprint density at radius 3 is 2.88 bits per heavy atom. The summed E-state index contributed by atoms with van der Waals surface area (Å²) in [5, 5.41) is 17.4. The van der Waals surface area contributed by atoms with Crippen LogP contribution in [0, 0.1) is 11.3 Å². The van der Waals surface area contributed by atoms with Crippen LogP contribution < -0.4 is 0 Å². The van der Waals surface area contributed by atoms with Crippen LogP contribution in [0.4, 0.5) is 4.79 Å². The Morgan fingerprint density at radius 2 is 2.35 bits per heavy atom.